The summed E-state index contributed by atoms with van der Waals surface area (Å²) >= 11 is 0. The van der Waals surface area contributed by atoms with Gasteiger partial charge in [-0.15, -0.1) is 0 Å². The maximum absolute atomic E-state index is 9.83. The minimum atomic E-state index is -1.25. The Morgan fingerprint density at radius 2 is 1.04 bits per heavy atom. The number of carbonyl (C=O) groups excluding carboxylic acids is 2. The molecule has 0 aromatic rings. The van der Waals surface area contributed by atoms with Crippen molar-refractivity contribution in [2.24, 2.45) is 5.73 Å². The van der Waals surface area contributed by atoms with Gasteiger partial charge in [0.05, 0.1) is 26.2 Å². The Hall–Kier alpha value is -1.10. The van der Waals surface area contributed by atoms with Crippen LogP contribution in [-0.2, 0) is 9.59 Å². The summed E-state index contributed by atoms with van der Waals surface area (Å²) < 4.78 is 1.42. The van der Waals surface area contributed by atoms with Gasteiger partial charge in [-0.3, -0.25) is 4.79 Å². The van der Waals surface area contributed by atoms with Crippen molar-refractivity contribution in [1.82, 2.24) is 0 Å². The zero-order valence-electron chi connectivity index (χ0n) is 17.1. The van der Waals surface area contributed by atoms with E-state index in [-0.39, 0.29) is 12.8 Å². The van der Waals surface area contributed by atoms with E-state index in [4.69, 9.17) is 0 Å². The number of carbonyl (C=O) groups is 2. The van der Waals surface area contributed by atoms with Crippen molar-refractivity contribution in [3.8, 4) is 0 Å². The Morgan fingerprint density at radius 1 is 0.720 bits per heavy atom. The molecule has 0 bridgehead atoms. The van der Waals surface area contributed by atoms with E-state index in [1.807, 2.05) is 0 Å². The molecule has 0 atom stereocenters. The highest BCUT2D eigenvalue weighted by Gasteiger charge is 2.24. The maximum Gasteiger partial charge on any atom is 0.217 e. The smallest absolute Gasteiger partial charge is 0.217 e. The first-order valence-corrected chi connectivity index (χ1v) is 10.2. The van der Waals surface area contributed by atoms with Crippen LogP contribution in [0.3, 0.4) is 0 Å². The van der Waals surface area contributed by atoms with Gasteiger partial charge in [0.1, 0.15) is 0 Å². The van der Waals surface area contributed by atoms with Crippen LogP contribution < -0.4 is 10.8 Å². The molecule has 0 fully saturated rings. The molecule has 0 aromatic carbocycles. The number of hydrogen-bond acceptors (Lipinski definition) is 3. The van der Waals surface area contributed by atoms with Crippen molar-refractivity contribution in [3.05, 3.63) is 0 Å². The zero-order chi connectivity index (χ0) is 19.6. The summed E-state index contributed by atoms with van der Waals surface area (Å²) in [5, 5.41) is 9.58. The van der Waals surface area contributed by atoms with E-state index in [1.165, 1.54) is 82.0 Å². The lowest BCUT2D eigenvalue weighted by Gasteiger charge is -2.39. The third kappa shape index (κ3) is 17.5. The van der Waals surface area contributed by atoms with E-state index in [1.54, 1.807) is 0 Å². The van der Waals surface area contributed by atoms with Crippen molar-refractivity contribution in [1.29, 1.82) is 0 Å². The molecule has 5 nitrogen and oxygen atoms in total. The van der Waals surface area contributed by atoms with Gasteiger partial charge in [0.25, 0.3) is 0 Å². The normalized spacial score (nSPS) is 10.9. The van der Waals surface area contributed by atoms with Crippen LogP contribution in [0.15, 0.2) is 0 Å². The molecule has 25 heavy (non-hydrogen) atoms. The second kappa shape index (κ2) is 17.7. The van der Waals surface area contributed by atoms with Crippen LogP contribution in [0.5, 0.6) is 0 Å². The van der Waals surface area contributed by atoms with E-state index >= 15 is 0 Å². The zero-order valence-corrected chi connectivity index (χ0v) is 17.1. The predicted octanol–water partition coefficient (Wildman–Crippen LogP) is 3.01. The lowest BCUT2D eigenvalue weighted by molar-refractivity contribution is -0.929. The summed E-state index contributed by atoms with van der Waals surface area (Å²) in [6.07, 6.45) is 10.6. The Labute approximate surface area is 155 Å². The van der Waals surface area contributed by atoms with Gasteiger partial charge in [-0.2, -0.15) is 0 Å². The van der Waals surface area contributed by atoms with Crippen molar-refractivity contribution in [3.63, 3.8) is 0 Å². The van der Waals surface area contributed by atoms with Crippen molar-refractivity contribution < 1.29 is 19.2 Å². The number of nitrogens with zero attached hydrogens (tertiary/aromatic N) is 1. The number of quaternary nitrogens is 1. The number of hydrogen-bond donors (Lipinski definition) is 1. The van der Waals surface area contributed by atoms with Gasteiger partial charge >= 0.3 is 0 Å². The molecule has 0 aliphatic heterocycles. The quantitative estimate of drug-likeness (QED) is 0.457. The minimum absolute atomic E-state index is 0.137. The number of unbranched alkanes of at least 4 members (excludes halogenated alkanes) is 4. The van der Waals surface area contributed by atoms with Crippen LogP contribution in [0.25, 0.3) is 0 Å². The van der Waals surface area contributed by atoms with Crippen LogP contribution in [0.1, 0.15) is 91.9 Å². The molecule has 5 heteroatoms. The molecule has 0 saturated heterocycles. The largest absolute Gasteiger partial charge is 0.550 e. The third-order valence-electron chi connectivity index (χ3n) is 4.52. The second-order valence-electron chi connectivity index (χ2n) is 6.99. The molecule has 0 aliphatic rings. The lowest BCUT2D eigenvalue weighted by atomic mass is 10.1. The molecule has 0 rings (SSSR count). The first-order chi connectivity index (χ1) is 11.9. The van der Waals surface area contributed by atoms with Gasteiger partial charge in [-0.1, -0.05) is 53.4 Å². The van der Waals surface area contributed by atoms with Crippen LogP contribution in [-0.4, -0.2) is 42.5 Å². The van der Waals surface area contributed by atoms with E-state index in [0.29, 0.717) is 0 Å². The number of amides is 1. The third-order valence-corrected chi connectivity index (χ3v) is 4.52. The molecule has 150 valence electrons. The highest BCUT2D eigenvalue weighted by Crippen LogP contribution is 2.16. The molecule has 1 amide bonds. The minimum Gasteiger partial charge on any atom is -0.550 e. The number of nitrogens with two attached hydrogens (primary N) is 1. The van der Waals surface area contributed by atoms with Gasteiger partial charge in [0.2, 0.25) is 5.91 Å². The number of carboxylic acids is 1. The number of carboxylic acid groups (broad SMARTS) is 1. The van der Waals surface area contributed by atoms with Crippen molar-refractivity contribution in [2.75, 3.05) is 26.2 Å². The Bertz CT molecular complexity index is 281. The molecule has 2 N–H and O–H groups in total. The predicted molar refractivity (Wildman–Crippen MR) is 103 cm³/mol. The summed E-state index contributed by atoms with van der Waals surface area (Å²) in [5.41, 5.74) is 4.61. The SMILES string of the molecule is CCCC[N+](CCCC)(CCCC)CCCC.NC(=O)CCC(=O)[O-]. The first kappa shape index (κ1) is 26.1. The summed E-state index contributed by atoms with van der Waals surface area (Å²) in [5.74, 6) is -1.86. The van der Waals surface area contributed by atoms with Crippen molar-refractivity contribution >= 4 is 11.9 Å². The fourth-order valence-electron chi connectivity index (χ4n) is 2.87. The molecule has 0 spiro atoms. The van der Waals surface area contributed by atoms with Gasteiger partial charge in [0, 0.05) is 12.4 Å². The van der Waals surface area contributed by atoms with Gasteiger partial charge in [0.15, 0.2) is 0 Å². The van der Waals surface area contributed by atoms with E-state index in [9.17, 15) is 14.7 Å². The fourth-order valence-corrected chi connectivity index (χ4v) is 2.87. The average Bonchev–Trinajstić information content (AvgIpc) is 2.59. The molecule has 0 aromatic heterocycles. The fraction of sp³-hybridized carbons (Fsp3) is 0.900. The number of aliphatic carboxylic acids is 1. The average molecular weight is 359 g/mol. The van der Waals surface area contributed by atoms with Crippen LogP contribution in [0.2, 0.25) is 0 Å². The topological polar surface area (TPSA) is 83.2 Å². The van der Waals surface area contributed by atoms with Crippen LogP contribution in [0, 0.1) is 0 Å². The standard InChI is InChI=1S/C16H36N.C4H7NO3/c1-5-9-13-17(14-10-6-2,15-11-7-3)16-12-8-4;5-3(6)1-2-4(7)8/h5-16H2,1-4H3;1-2H2,(H2,5,6)(H,7,8)/q+1;/p-1. The highest BCUT2D eigenvalue weighted by molar-refractivity contribution is 5.78. The van der Waals surface area contributed by atoms with Gasteiger partial charge in [-0.25, -0.2) is 0 Å². The Kier molecular flexibility index (Phi) is 18.5. The van der Waals surface area contributed by atoms with Gasteiger partial charge < -0.3 is 20.1 Å². The van der Waals surface area contributed by atoms with Gasteiger partial charge in [-0.05, 0) is 32.1 Å². The molecular weight excluding hydrogens is 316 g/mol. The summed E-state index contributed by atoms with van der Waals surface area (Å²) in [6.45, 7) is 15.0. The lowest BCUT2D eigenvalue weighted by Crippen LogP contribution is -2.50. The molecular formula is C20H42N2O3. The molecule has 0 saturated carbocycles. The molecule has 0 heterocycles. The van der Waals surface area contributed by atoms with Crippen molar-refractivity contribution in [2.45, 2.75) is 91.9 Å². The second-order valence-corrected chi connectivity index (χ2v) is 6.99. The first-order valence-electron chi connectivity index (χ1n) is 10.2. The van der Waals surface area contributed by atoms with E-state index in [2.05, 4.69) is 33.4 Å². The number of rotatable bonds is 15. The Morgan fingerprint density at radius 3 is 1.20 bits per heavy atom. The van der Waals surface area contributed by atoms with Crippen LogP contribution in [0.4, 0.5) is 0 Å². The molecule has 0 radical (unpaired) electrons. The number of primary amides is 1. The van der Waals surface area contributed by atoms with Crippen LogP contribution >= 0.6 is 0 Å². The highest BCUT2D eigenvalue weighted by atomic mass is 16.4. The van der Waals surface area contributed by atoms with E-state index in [0.717, 1.165) is 0 Å². The monoisotopic (exact) mass is 358 g/mol. The summed E-state index contributed by atoms with van der Waals surface area (Å²) in [6, 6.07) is 0. The summed E-state index contributed by atoms with van der Waals surface area (Å²) in [7, 11) is 0. The Balaban J connectivity index is 0. The summed E-state index contributed by atoms with van der Waals surface area (Å²) in [4.78, 5) is 19.4. The maximum atomic E-state index is 9.83. The van der Waals surface area contributed by atoms with E-state index < -0.39 is 11.9 Å². The molecule has 0 unspecified atom stereocenters. The molecule has 0 aliphatic carbocycles.